The second kappa shape index (κ2) is 6.36. The molecule has 0 aromatic carbocycles. The van der Waals surface area contributed by atoms with Gasteiger partial charge in [-0.3, -0.25) is 5.01 Å². The van der Waals surface area contributed by atoms with E-state index in [-0.39, 0.29) is 11.1 Å². The van der Waals surface area contributed by atoms with Crippen molar-refractivity contribution in [2.45, 2.75) is 88.8 Å². The number of nitrogens with zero attached hydrogens (tertiary/aromatic N) is 3. The predicted octanol–water partition coefficient (Wildman–Crippen LogP) is 4.08. The minimum absolute atomic E-state index is 0.0288. The average Bonchev–Trinajstić information content (AvgIpc) is 3.24. The van der Waals surface area contributed by atoms with E-state index < -0.39 is 0 Å². The molecule has 1 atom stereocenters. The van der Waals surface area contributed by atoms with Crippen LogP contribution >= 0.6 is 0 Å². The quantitative estimate of drug-likeness (QED) is 0.837. The van der Waals surface area contributed by atoms with Gasteiger partial charge in [-0.05, 0) is 52.0 Å². The maximum absolute atomic E-state index is 5.93. The topological polar surface area (TPSA) is 61.8 Å². The molecule has 3 heterocycles. The van der Waals surface area contributed by atoms with Gasteiger partial charge in [0.05, 0.1) is 5.71 Å². The van der Waals surface area contributed by atoms with E-state index in [0.717, 1.165) is 37.3 Å². The van der Waals surface area contributed by atoms with Gasteiger partial charge in [0.2, 0.25) is 0 Å². The average molecular weight is 370 g/mol. The van der Waals surface area contributed by atoms with Crippen LogP contribution in [0.3, 0.4) is 0 Å². The molecule has 6 heteroatoms. The van der Waals surface area contributed by atoms with Crippen molar-refractivity contribution in [3.8, 4) is 0 Å². The number of pyridine rings is 1. The van der Waals surface area contributed by atoms with Crippen LogP contribution in [0.4, 0.5) is 11.5 Å². The Morgan fingerprint density at radius 2 is 2.07 bits per heavy atom. The summed E-state index contributed by atoms with van der Waals surface area (Å²) in [5.41, 5.74) is 6.86. The fourth-order valence-corrected chi connectivity index (χ4v) is 5.18. The van der Waals surface area contributed by atoms with Crippen LogP contribution in [0.2, 0.25) is 0 Å². The van der Waals surface area contributed by atoms with Crippen LogP contribution < -0.4 is 15.8 Å². The molecule has 0 saturated heterocycles. The van der Waals surface area contributed by atoms with E-state index in [2.05, 4.69) is 40.8 Å². The van der Waals surface area contributed by atoms with Crippen molar-refractivity contribution in [1.82, 2.24) is 10.4 Å². The smallest absolute Gasteiger partial charge is 0.150 e. The van der Waals surface area contributed by atoms with Gasteiger partial charge in [-0.2, -0.15) is 0 Å². The second-order valence-corrected chi connectivity index (χ2v) is 8.86. The number of fused-ring (bicyclic) bond motifs is 1. The van der Waals surface area contributed by atoms with Crippen molar-refractivity contribution >= 4 is 17.2 Å². The molecule has 1 aromatic rings. The SMILES string of the molecule is CCN1NC(C)(C2=NOC3(CCC3)C2)c2c(NC3CCCCC3)ccnc21. The van der Waals surface area contributed by atoms with Crippen LogP contribution in [0.15, 0.2) is 17.4 Å². The Hall–Kier alpha value is -1.82. The van der Waals surface area contributed by atoms with Crippen molar-refractivity contribution in [1.29, 1.82) is 0 Å². The number of nitrogens with one attached hydrogen (secondary N) is 2. The number of hydrogen-bond acceptors (Lipinski definition) is 6. The van der Waals surface area contributed by atoms with Crippen molar-refractivity contribution < 1.29 is 4.84 Å². The molecule has 146 valence electrons. The summed E-state index contributed by atoms with van der Waals surface area (Å²) in [6.07, 6.45) is 12.9. The number of hydrogen-bond donors (Lipinski definition) is 2. The summed E-state index contributed by atoms with van der Waals surface area (Å²) < 4.78 is 0. The van der Waals surface area contributed by atoms with E-state index in [1.807, 2.05) is 6.20 Å². The lowest BCUT2D eigenvalue weighted by molar-refractivity contribution is -0.0755. The molecule has 2 N–H and O–H groups in total. The third-order valence-electron chi connectivity index (χ3n) is 7.01. The molecule has 0 amide bonds. The minimum atomic E-state index is -0.365. The molecule has 0 radical (unpaired) electrons. The molecule has 6 nitrogen and oxygen atoms in total. The first-order valence-electron chi connectivity index (χ1n) is 10.7. The summed E-state index contributed by atoms with van der Waals surface area (Å²) in [7, 11) is 0. The number of oxime groups is 1. The molecule has 5 rings (SSSR count). The first kappa shape index (κ1) is 17.3. The van der Waals surface area contributed by atoms with Gasteiger partial charge in [-0.15, -0.1) is 0 Å². The molecule has 2 aliphatic heterocycles. The molecular formula is C21H31N5O. The minimum Gasteiger partial charge on any atom is -0.389 e. The Balaban J connectivity index is 1.50. The fraction of sp³-hybridized carbons (Fsp3) is 0.714. The number of anilines is 2. The van der Waals surface area contributed by atoms with E-state index in [4.69, 9.17) is 9.82 Å². The van der Waals surface area contributed by atoms with E-state index in [1.165, 1.54) is 49.8 Å². The van der Waals surface area contributed by atoms with E-state index >= 15 is 0 Å². The lowest BCUT2D eigenvalue weighted by Gasteiger charge is -2.36. The molecule has 2 fully saturated rings. The van der Waals surface area contributed by atoms with Gasteiger partial charge in [-0.1, -0.05) is 24.4 Å². The highest BCUT2D eigenvalue weighted by molar-refractivity contribution is 5.99. The van der Waals surface area contributed by atoms with Crippen LogP contribution in [-0.4, -0.2) is 28.9 Å². The van der Waals surface area contributed by atoms with Crippen LogP contribution in [0.25, 0.3) is 0 Å². The third-order valence-corrected chi connectivity index (χ3v) is 7.01. The van der Waals surface area contributed by atoms with Crippen LogP contribution in [0.5, 0.6) is 0 Å². The molecule has 27 heavy (non-hydrogen) atoms. The molecule has 2 saturated carbocycles. The predicted molar refractivity (Wildman–Crippen MR) is 108 cm³/mol. The standard InChI is InChI=1S/C21H31N5O/c1-3-26-19-18(16(10-13-22-19)23-15-8-5-4-6-9-15)20(2,25-26)17-14-21(27-24-17)11-7-12-21/h10,13,15,25H,3-9,11-12,14H2,1-2H3,(H,22,23). The normalized spacial score (nSPS) is 29.3. The third kappa shape index (κ3) is 2.72. The molecule has 1 spiro atoms. The van der Waals surface area contributed by atoms with Gasteiger partial charge in [0.1, 0.15) is 17.0 Å². The highest BCUT2D eigenvalue weighted by atomic mass is 16.7. The van der Waals surface area contributed by atoms with Crippen LogP contribution in [-0.2, 0) is 10.4 Å². The largest absolute Gasteiger partial charge is 0.389 e. The first-order chi connectivity index (χ1) is 13.1. The van der Waals surface area contributed by atoms with Gasteiger partial charge in [0.25, 0.3) is 0 Å². The van der Waals surface area contributed by atoms with Crippen molar-refractivity contribution in [2.24, 2.45) is 5.16 Å². The lowest BCUT2D eigenvalue weighted by Crippen LogP contribution is -2.50. The Morgan fingerprint density at radius 1 is 1.26 bits per heavy atom. The molecule has 0 bridgehead atoms. The van der Waals surface area contributed by atoms with Gasteiger partial charge in [-0.25, -0.2) is 10.4 Å². The van der Waals surface area contributed by atoms with Gasteiger partial charge >= 0.3 is 0 Å². The Labute approximate surface area is 161 Å². The zero-order valence-electron chi connectivity index (χ0n) is 16.6. The van der Waals surface area contributed by atoms with Crippen molar-refractivity contribution in [2.75, 3.05) is 16.9 Å². The van der Waals surface area contributed by atoms with Crippen molar-refractivity contribution in [3.05, 3.63) is 17.8 Å². The summed E-state index contributed by atoms with van der Waals surface area (Å²) in [4.78, 5) is 10.7. The summed E-state index contributed by atoms with van der Waals surface area (Å²) in [6.45, 7) is 5.27. The molecule has 1 unspecified atom stereocenters. The molecule has 2 aliphatic carbocycles. The number of rotatable bonds is 4. The lowest BCUT2D eigenvalue weighted by atomic mass is 9.73. The number of aromatic nitrogens is 1. The van der Waals surface area contributed by atoms with E-state index in [9.17, 15) is 0 Å². The van der Waals surface area contributed by atoms with Crippen LogP contribution in [0, 0.1) is 0 Å². The van der Waals surface area contributed by atoms with E-state index in [0.29, 0.717) is 6.04 Å². The van der Waals surface area contributed by atoms with Gasteiger partial charge in [0.15, 0.2) is 0 Å². The highest BCUT2D eigenvalue weighted by Crippen LogP contribution is 2.49. The van der Waals surface area contributed by atoms with E-state index in [1.54, 1.807) is 0 Å². The van der Waals surface area contributed by atoms with Crippen LogP contribution in [0.1, 0.15) is 77.2 Å². The monoisotopic (exact) mass is 369 g/mol. The maximum atomic E-state index is 5.93. The fourth-order valence-electron chi connectivity index (χ4n) is 5.18. The van der Waals surface area contributed by atoms with Crippen molar-refractivity contribution in [3.63, 3.8) is 0 Å². The highest BCUT2D eigenvalue weighted by Gasteiger charge is 2.53. The zero-order chi connectivity index (χ0) is 18.5. The summed E-state index contributed by atoms with van der Waals surface area (Å²) >= 11 is 0. The van der Waals surface area contributed by atoms with Gasteiger partial charge < -0.3 is 10.2 Å². The summed E-state index contributed by atoms with van der Waals surface area (Å²) in [5, 5.41) is 10.6. The maximum Gasteiger partial charge on any atom is 0.150 e. The summed E-state index contributed by atoms with van der Waals surface area (Å²) in [6, 6.07) is 2.70. The Morgan fingerprint density at radius 3 is 2.74 bits per heavy atom. The van der Waals surface area contributed by atoms with Gasteiger partial charge in [0, 0.05) is 36.5 Å². The first-order valence-corrected chi connectivity index (χ1v) is 10.7. The molecular weight excluding hydrogens is 338 g/mol. The summed E-state index contributed by atoms with van der Waals surface area (Å²) in [5.74, 6) is 1.03. The number of hydrazine groups is 1. The molecule has 4 aliphatic rings. The second-order valence-electron chi connectivity index (χ2n) is 8.86. The zero-order valence-corrected chi connectivity index (χ0v) is 16.6. The molecule has 1 aromatic heterocycles. The Kier molecular flexibility index (Phi) is 4.08. The Bertz CT molecular complexity index is 753.